The van der Waals surface area contributed by atoms with E-state index in [2.05, 4.69) is 10.6 Å². The molecule has 4 heteroatoms. The lowest BCUT2D eigenvalue weighted by molar-refractivity contribution is -0.126. The molecule has 1 amide bonds. The van der Waals surface area contributed by atoms with E-state index in [9.17, 15) is 9.18 Å². The third kappa shape index (κ3) is 2.50. The molecule has 1 aromatic rings. The highest BCUT2D eigenvalue weighted by Gasteiger charge is 2.42. The first-order valence-electron chi connectivity index (χ1n) is 6.95. The van der Waals surface area contributed by atoms with Crippen LogP contribution in [0.2, 0.25) is 0 Å². The summed E-state index contributed by atoms with van der Waals surface area (Å²) in [4.78, 5) is 12.3. The number of hydrogen-bond acceptors (Lipinski definition) is 2. The molecule has 2 N–H and O–H groups in total. The fourth-order valence-corrected chi connectivity index (χ4v) is 3.29. The van der Waals surface area contributed by atoms with Crippen molar-refractivity contribution in [2.45, 2.75) is 44.3 Å². The average Bonchev–Trinajstić information content (AvgIpc) is 3.00. The maximum Gasteiger partial charge on any atom is 0.225 e. The number of benzene rings is 1. The normalized spacial score (nSPS) is 30.3. The molecule has 2 saturated heterocycles. The number of fused-ring (bicyclic) bond motifs is 2. The van der Waals surface area contributed by atoms with Gasteiger partial charge >= 0.3 is 0 Å². The van der Waals surface area contributed by atoms with E-state index in [1.807, 2.05) is 13.0 Å². The van der Waals surface area contributed by atoms with Crippen molar-refractivity contribution in [1.29, 1.82) is 0 Å². The van der Waals surface area contributed by atoms with E-state index in [0.717, 1.165) is 18.4 Å². The zero-order valence-corrected chi connectivity index (χ0v) is 11.0. The van der Waals surface area contributed by atoms with Gasteiger partial charge in [-0.2, -0.15) is 0 Å². The summed E-state index contributed by atoms with van der Waals surface area (Å²) in [5.41, 5.74) is 0.810. The fourth-order valence-electron chi connectivity index (χ4n) is 3.29. The van der Waals surface area contributed by atoms with Gasteiger partial charge in [-0.3, -0.25) is 4.79 Å². The van der Waals surface area contributed by atoms with Crippen LogP contribution in [0.1, 0.15) is 37.8 Å². The molecule has 0 radical (unpaired) electrons. The summed E-state index contributed by atoms with van der Waals surface area (Å²) >= 11 is 0. The Morgan fingerprint density at radius 3 is 2.95 bits per heavy atom. The van der Waals surface area contributed by atoms with Crippen molar-refractivity contribution in [3.05, 3.63) is 35.6 Å². The highest BCUT2D eigenvalue weighted by Crippen LogP contribution is 2.33. The molecule has 4 atom stereocenters. The molecule has 0 spiro atoms. The van der Waals surface area contributed by atoms with E-state index in [1.165, 1.54) is 18.6 Å². The van der Waals surface area contributed by atoms with Gasteiger partial charge in [0.1, 0.15) is 5.82 Å². The van der Waals surface area contributed by atoms with Crippen molar-refractivity contribution in [1.82, 2.24) is 10.6 Å². The fraction of sp³-hybridized carbons (Fsp3) is 0.533. The Morgan fingerprint density at radius 1 is 1.47 bits per heavy atom. The highest BCUT2D eigenvalue weighted by atomic mass is 19.1. The number of rotatable bonds is 3. The number of halogens is 1. The van der Waals surface area contributed by atoms with Crippen LogP contribution in [0.15, 0.2) is 24.3 Å². The van der Waals surface area contributed by atoms with Gasteiger partial charge in [0, 0.05) is 12.1 Å². The smallest absolute Gasteiger partial charge is 0.225 e. The van der Waals surface area contributed by atoms with Gasteiger partial charge in [-0.05, 0) is 43.9 Å². The monoisotopic (exact) mass is 262 g/mol. The third-order valence-corrected chi connectivity index (χ3v) is 4.34. The molecule has 2 heterocycles. The van der Waals surface area contributed by atoms with Crippen LogP contribution >= 0.6 is 0 Å². The van der Waals surface area contributed by atoms with Gasteiger partial charge in [0.15, 0.2) is 0 Å². The molecule has 3 rings (SSSR count). The topological polar surface area (TPSA) is 41.1 Å². The molecule has 2 aliphatic rings. The molecule has 3 nitrogen and oxygen atoms in total. The van der Waals surface area contributed by atoms with Crippen LogP contribution in [0.4, 0.5) is 4.39 Å². The van der Waals surface area contributed by atoms with Crippen LogP contribution in [0.3, 0.4) is 0 Å². The SMILES string of the molecule is C[C@H](NC(=O)C1CC2CCC1N2)c1cccc(F)c1. The second-order valence-electron chi connectivity index (χ2n) is 5.67. The second-order valence-corrected chi connectivity index (χ2v) is 5.67. The van der Waals surface area contributed by atoms with Crippen molar-refractivity contribution >= 4 is 5.91 Å². The standard InChI is InChI=1S/C15H19FN2O/c1-9(10-3-2-4-11(16)7-10)17-15(19)13-8-12-5-6-14(13)18-12/h2-4,7,9,12-14,18H,5-6,8H2,1H3,(H,17,19)/t9-,12?,13?,14?/m0/s1. The zero-order chi connectivity index (χ0) is 13.4. The van der Waals surface area contributed by atoms with Crippen LogP contribution < -0.4 is 10.6 Å². The molecule has 2 aliphatic heterocycles. The Bertz CT molecular complexity index is 491. The van der Waals surface area contributed by atoms with Crippen molar-refractivity contribution in [2.24, 2.45) is 5.92 Å². The maximum absolute atomic E-state index is 13.2. The van der Waals surface area contributed by atoms with Crippen LogP contribution in [-0.4, -0.2) is 18.0 Å². The number of amides is 1. The van der Waals surface area contributed by atoms with Crippen molar-refractivity contribution in [3.8, 4) is 0 Å². The Morgan fingerprint density at radius 2 is 2.32 bits per heavy atom. The van der Waals surface area contributed by atoms with Crippen molar-refractivity contribution in [2.75, 3.05) is 0 Å². The summed E-state index contributed by atoms with van der Waals surface area (Å²) < 4.78 is 13.2. The lowest BCUT2D eigenvalue weighted by atomic mass is 9.88. The van der Waals surface area contributed by atoms with Gasteiger partial charge in [0.2, 0.25) is 5.91 Å². The molecular weight excluding hydrogens is 243 g/mol. The van der Waals surface area contributed by atoms with Gasteiger partial charge in [-0.1, -0.05) is 12.1 Å². The van der Waals surface area contributed by atoms with Crippen LogP contribution in [-0.2, 0) is 4.79 Å². The summed E-state index contributed by atoms with van der Waals surface area (Å²) in [6, 6.07) is 7.11. The van der Waals surface area contributed by atoms with E-state index >= 15 is 0 Å². The summed E-state index contributed by atoms with van der Waals surface area (Å²) in [6.45, 7) is 1.90. The molecule has 19 heavy (non-hydrogen) atoms. The van der Waals surface area contributed by atoms with Crippen LogP contribution in [0.5, 0.6) is 0 Å². The van der Waals surface area contributed by atoms with E-state index in [1.54, 1.807) is 6.07 Å². The molecule has 0 aromatic heterocycles. The van der Waals surface area contributed by atoms with E-state index in [-0.39, 0.29) is 23.7 Å². The van der Waals surface area contributed by atoms with E-state index in [4.69, 9.17) is 0 Å². The Labute approximate surface area is 112 Å². The molecular formula is C15H19FN2O. The molecule has 102 valence electrons. The average molecular weight is 262 g/mol. The summed E-state index contributed by atoms with van der Waals surface area (Å²) in [5, 5.41) is 6.46. The number of carbonyl (C=O) groups is 1. The van der Waals surface area contributed by atoms with E-state index in [0.29, 0.717) is 12.1 Å². The molecule has 2 bridgehead atoms. The minimum Gasteiger partial charge on any atom is -0.349 e. The number of carbonyl (C=O) groups excluding carboxylic acids is 1. The summed E-state index contributed by atoms with van der Waals surface area (Å²) in [6.07, 6.45) is 3.22. The lowest BCUT2D eigenvalue weighted by Crippen LogP contribution is -2.38. The van der Waals surface area contributed by atoms with Gasteiger partial charge in [0.25, 0.3) is 0 Å². The van der Waals surface area contributed by atoms with Crippen molar-refractivity contribution in [3.63, 3.8) is 0 Å². The minimum absolute atomic E-state index is 0.0785. The summed E-state index contributed by atoms with van der Waals surface area (Å²) in [5.74, 6) is -0.0913. The largest absolute Gasteiger partial charge is 0.349 e. The Balaban J connectivity index is 1.63. The Hall–Kier alpha value is -1.42. The van der Waals surface area contributed by atoms with Gasteiger partial charge in [-0.25, -0.2) is 4.39 Å². The lowest BCUT2D eigenvalue weighted by Gasteiger charge is -2.22. The highest BCUT2D eigenvalue weighted by molar-refractivity contribution is 5.80. The number of hydrogen-bond donors (Lipinski definition) is 2. The summed E-state index contributed by atoms with van der Waals surface area (Å²) in [7, 11) is 0. The van der Waals surface area contributed by atoms with Crippen LogP contribution in [0.25, 0.3) is 0 Å². The van der Waals surface area contributed by atoms with Gasteiger partial charge in [0.05, 0.1) is 12.0 Å². The first kappa shape index (κ1) is 12.6. The molecule has 3 unspecified atom stereocenters. The first-order chi connectivity index (χ1) is 9.13. The maximum atomic E-state index is 13.2. The first-order valence-corrected chi connectivity index (χ1v) is 6.95. The zero-order valence-electron chi connectivity index (χ0n) is 11.0. The predicted octanol–water partition coefficient (Wildman–Crippen LogP) is 2.14. The molecule has 0 aliphatic carbocycles. The molecule has 1 aromatic carbocycles. The van der Waals surface area contributed by atoms with Gasteiger partial charge in [-0.15, -0.1) is 0 Å². The van der Waals surface area contributed by atoms with E-state index < -0.39 is 0 Å². The quantitative estimate of drug-likeness (QED) is 0.876. The van der Waals surface area contributed by atoms with Crippen molar-refractivity contribution < 1.29 is 9.18 Å². The third-order valence-electron chi connectivity index (χ3n) is 4.34. The van der Waals surface area contributed by atoms with Crippen LogP contribution in [0, 0.1) is 11.7 Å². The minimum atomic E-state index is -0.264. The Kier molecular flexibility index (Phi) is 3.27. The predicted molar refractivity (Wildman–Crippen MR) is 71.0 cm³/mol. The number of nitrogens with one attached hydrogen (secondary N) is 2. The van der Waals surface area contributed by atoms with Gasteiger partial charge < -0.3 is 10.6 Å². The molecule has 0 saturated carbocycles. The second kappa shape index (κ2) is 4.93. The molecule has 2 fully saturated rings.